The molecule has 2 rings (SSSR count). The van der Waals surface area contributed by atoms with Gasteiger partial charge in [-0.05, 0) is 66.3 Å². The average Bonchev–Trinajstić information content (AvgIpc) is 2.87. The highest BCUT2D eigenvalue weighted by Gasteiger charge is 2.21. The van der Waals surface area contributed by atoms with Gasteiger partial charge in [-0.15, -0.1) is 0 Å². The minimum absolute atomic E-state index is 0.0535. The number of aromatic nitrogens is 1. The Hall–Kier alpha value is -1.55. The van der Waals surface area contributed by atoms with E-state index in [1.165, 1.54) is 10.8 Å². The molecular formula is C14H15IN2O4S. The molecule has 1 heterocycles. The molecule has 0 fully saturated rings. The molecule has 0 radical (unpaired) electrons. The normalized spacial score (nSPS) is 11.4. The minimum atomic E-state index is -3.83. The lowest BCUT2D eigenvalue weighted by Crippen LogP contribution is -2.13. The lowest BCUT2D eigenvalue weighted by molar-refractivity contribution is 0.0685. The Morgan fingerprint density at radius 1 is 1.36 bits per heavy atom. The molecule has 0 bridgehead atoms. The predicted octanol–water partition coefficient (Wildman–Crippen LogP) is 2.92. The van der Waals surface area contributed by atoms with Crippen LogP contribution in [0, 0.1) is 10.5 Å². The third-order valence-corrected chi connectivity index (χ3v) is 5.18. The zero-order chi connectivity index (χ0) is 16.5. The maximum atomic E-state index is 12.4. The molecular weight excluding hydrogens is 419 g/mol. The molecule has 22 heavy (non-hydrogen) atoms. The summed E-state index contributed by atoms with van der Waals surface area (Å²) in [6, 6.07) is 6.50. The van der Waals surface area contributed by atoms with Gasteiger partial charge in [-0.1, -0.05) is 0 Å². The van der Waals surface area contributed by atoms with Gasteiger partial charge in [-0.3, -0.25) is 4.72 Å². The zero-order valence-electron chi connectivity index (χ0n) is 12.0. The summed E-state index contributed by atoms with van der Waals surface area (Å²) in [6.07, 6.45) is 1.33. The van der Waals surface area contributed by atoms with Crippen LogP contribution in [-0.2, 0) is 16.6 Å². The molecule has 0 unspecified atom stereocenters. The van der Waals surface area contributed by atoms with Crippen LogP contribution in [-0.4, -0.2) is 24.1 Å². The quantitative estimate of drug-likeness (QED) is 0.709. The van der Waals surface area contributed by atoms with Crippen LogP contribution in [0.25, 0.3) is 0 Å². The molecule has 0 aliphatic heterocycles. The molecule has 0 saturated heterocycles. The first kappa shape index (κ1) is 16.8. The van der Waals surface area contributed by atoms with Gasteiger partial charge in [-0.25, -0.2) is 13.2 Å². The SMILES string of the molecule is CCn1cc(S(=O)(=O)Nc2ccc(I)cc2C)cc1C(=O)O. The number of sulfonamides is 1. The van der Waals surface area contributed by atoms with Crippen LogP contribution >= 0.6 is 22.6 Å². The standard InChI is InChI=1S/C14H15IN2O4S/c1-3-17-8-11(7-13(17)14(18)19)22(20,21)16-12-5-4-10(15)6-9(12)2/h4-8,16H,3H2,1-2H3,(H,18,19). The first-order valence-corrected chi connectivity index (χ1v) is 9.03. The van der Waals surface area contributed by atoms with Gasteiger partial charge in [0.2, 0.25) is 0 Å². The van der Waals surface area contributed by atoms with Crippen LogP contribution in [0.4, 0.5) is 5.69 Å². The number of halogens is 1. The topological polar surface area (TPSA) is 88.4 Å². The van der Waals surface area contributed by atoms with Gasteiger partial charge in [0.25, 0.3) is 10.0 Å². The predicted molar refractivity (Wildman–Crippen MR) is 91.8 cm³/mol. The average molecular weight is 434 g/mol. The molecule has 0 saturated carbocycles. The van der Waals surface area contributed by atoms with E-state index in [2.05, 4.69) is 27.3 Å². The molecule has 2 N–H and O–H groups in total. The molecule has 1 aromatic carbocycles. The molecule has 0 amide bonds. The third kappa shape index (κ3) is 3.43. The number of aromatic carboxylic acids is 1. The second-order valence-corrected chi connectivity index (χ2v) is 7.64. The summed E-state index contributed by atoms with van der Waals surface area (Å²) >= 11 is 2.14. The molecule has 1 aromatic heterocycles. The molecule has 0 aliphatic rings. The Morgan fingerprint density at radius 2 is 2.05 bits per heavy atom. The number of benzene rings is 1. The van der Waals surface area contributed by atoms with Gasteiger partial charge in [0.1, 0.15) is 10.6 Å². The van der Waals surface area contributed by atoms with E-state index in [1.807, 2.05) is 6.07 Å². The Kier molecular flexibility index (Phi) is 4.81. The molecule has 118 valence electrons. The molecule has 2 aromatic rings. The van der Waals surface area contributed by atoms with Crippen molar-refractivity contribution in [3.05, 3.63) is 45.3 Å². The number of carboxylic acid groups (broad SMARTS) is 1. The second-order valence-electron chi connectivity index (χ2n) is 4.72. The van der Waals surface area contributed by atoms with Gasteiger partial charge >= 0.3 is 5.97 Å². The summed E-state index contributed by atoms with van der Waals surface area (Å²) in [5.74, 6) is -1.16. The van der Waals surface area contributed by atoms with E-state index in [1.54, 1.807) is 26.0 Å². The van der Waals surface area contributed by atoms with Crippen molar-refractivity contribution >= 4 is 44.3 Å². The lowest BCUT2D eigenvalue weighted by Gasteiger charge is -2.09. The summed E-state index contributed by atoms with van der Waals surface area (Å²) in [6.45, 7) is 3.93. The maximum absolute atomic E-state index is 12.4. The first-order chi connectivity index (χ1) is 10.2. The smallest absolute Gasteiger partial charge is 0.352 e. The van der Waals surface area contributed by atoms with Gasteiger partial charge in [0.15, 0.2) is 0 Å². The number of aryl methyl sites for hydroxylation is 2. The van der Waals surface area contributed by atoms with Crippen LogP contribution in [0.15, 0.2) is 35.4 Å². The fourth-order valence-corrected chi connectivity index (χ4v) is 3.83. The van der Waals surface area contributed by atoms with Crippen molar-refractivity contribution in [1.82, 2.24) is 4.57 Å². The highest BCUT2D eigenvalue weighted by molar-refractivity contribution is 14.1. The van der Waals surface area contributed by atoms with Crippen LogP contribution in [0.3, 0.4) is 0 Å². The number of nitrogens with zero attached hydrogens (tertiary/aromatic N) is 1. The van der Waals surface area contributed by atoms with Crippen LogP contribution < -0.4 is 4.72 Å². The molecule has 0 spiro atoms. The third-order valence-electron chi connectivity index (χ3n) is 3.17. The first-order valence-electron chi connectivity index (χ1n) is 6.47. The monoisotopic (exact) mass is 434 g/mol. The van der Waals surface area contributed by atoms with E-state index < -0.39 is 16.0 Å². The van der Waals surface area contributed by atoms with E-state index in [0.29, 0.717) is 12.2 Å². The number of carboxylic acids is 1. The second kappa shape index (κ2) is 6.29. The van der Waals surface area contributed by atoms with Crippen molar-refractivity contribution in [1.29, 1.82) is 0 Å². The number of nitrogens with one attached hydrogen (secondary N) is 1. The van der Waals surface area contributed by atoms with Crippen LogP contribution in [0.2, 0.25) is 0 Å². The van der Waals surface area contributed by atoms with E-state index in [-0.39, 0.29) is 10.6 Å². The highest BCUT2D eigenvalue weighted by atomic mass is 127. The minimum Gasteiger partial charge on any atom is -0.477 e. The Bertz CT molecular complexity index is 827. The van der Waals surface area contributed by atoms with Gasteiger partial charge in [0.05, 0.1) is 5.69 Å². The van der Waals surface area contributed by atoms with Crippen molar-refractivity contribution in [3.63, 3.8) is 0 Å². The lowest BCUT2D eigenvalue weighted by atomic mass is 10.2. The summed E-state index contributed by atoms with van der Waals surface area (Å²) < 4.78 is 29.7. The van der Waals surface area contributed by atoms with Crippen LogP contribution in [0.5, 0.6) is 0 Å². The zero-order valence-corrected chi connectivity index (χ0v) is 15.0. The number of rotatable bonds is 5. The van der Waals surface area contributed by atoms with Gasteiger partial charge in [-0.2, -0.15) is 0 Å². The summed E-state index contributed by atoms with van der Waals surface area (Å²) in [4.78, 5) is 11.1. The largest absolute Gasteiger partial charge is 0.477 e. The summed E-state index contributed by atoms with van der Waals surface area (Å²) in [7, 11) is -3.83. The van der Waals surface area contributed by atoms with E-state index in [0.717, 1.165) is 15.2 Å². The molecule has 0 aliphatic carbocycles. The molecule has 6 nitrogen and oxygen atoms in total. The molecule has 8 heteroatoms. The highest BCUT2D eigenvalue weighted by Crippen LogP contribution is 2.23. The Morgan fingerprint density at radius 3 is 2.55 bits per heavy atom. The maximum Gasteiger partial charge on any atom is 0.352 e. The van der Waals surface area contributed by atoms with Crippen molar-refractivity contribution in [2.24, 2.45) is 0 Å². The van der Waals surface area contributed by atoms with Crippen molar-refractivity contribution in [2.45, 2.75) is 25.3 Å². The summed E-state index contributed by atoms with van der Waals surface area (Å²) in [5.41, 5.74) is 1.22. The van der Waals surface area contributed by atoms with E-state index >= 15 is 0 Å². The fraction of sp³-hybridized carbons (Fsp3) is 0.214. The number of carbonyl (C=O) groups is 1. The van der Waals surface area contributed by atoms with Crippen LogP contribution in [0.1, 0.15) is 23.0 Å². The number of anilines is 1. The van der Waals surface area contributed by atoms with Crippen molar-refractivity contribution in [3.8, 4) is 0 Å². The van der Waals surface area contributed by atoms with E-state index in [4.69, 9.17) is 5.11 Å². The van der Waals surface area contributed by atoms with E-state index in [9.17, 15) is 13.2 Å². The summed E-state index contributed by atoms with van der Waals surface area (Å²) in [5, 5.41) is 9.10. The molecule has 0 atom stereocenters. The van der Waals surface area contributed by atoms with Crippen molar-refractivity contribution < 1.29 is 18.3 Å². The Labute approximate surface area is 142 Å². The van der Waals surface area contributed by atoms with Gasteiger partial charge in [0, 0.05) is 16.3 Å². The van der Waals surface area contributed by atoms with Gasteiger partial charge < -0.3 is 9.67 Å². The number of hydrogen-bond donors (Lipinski definition) is 2. The Balaban J connectivity index is 2.40. The fourth-order valence-electron chi connectivity index (χ4n) is 2.02. The number of hydrogen-bond acceptors (Lipinski definition) is 3. The van der Waals surface area contributed by atoms with Crippen molar-refractivity contribution in [2.75, 3.05) is 4.72 Å².